The van der Waals surface area contributed by atoms with E-state index in [2.05, 4.69) is 11.4 Å². The van der Waals surface area contributed by atoms with Crippen LogP contribution in [-0.4, -0.2) is 13.5 Å². The Hall–Kier alpha value is -2.22. The molecule has 4 heteroatoms. The van der Waals surface area contributed by atoms with Crippen molar-refractivity contribution < 1.29 is 13.2 Å². The van der Waals surface area contributed by atoms with E-state index in [4.69, 9.17) is 14.1 Å². The number of ether oxygens (including phenoxy) is 1. The van der Waals surface area contributed by atoms with Crippen molar-refractivity contribution in [2.24, 2.45) is 0 Å². The molecule has 3 nitrogen and oxygen atoms in total. The molecule has 0 fully saturated rings. The summed E-state index contributed by atoms with van der Waals surface area (Å²) in [6, 6.07) is 13.7. The second-order valence-electron chi connectivity index (χ2n) is 5.64. The first-order valence-electron chi connectivity index (χ1n) is 9.03. The van der Waals surface area contributed by atoms with Gasteiger partial charge in [-0.1, -0.05) is 18.2 Å². The molecule has 2 aromatic carbocycles. The Morgan fingerprint density at radius 1 is 1.35 bits per heavy atom. The maximum Gasteiger partial charge on any atom is 0.123 e. The lowest BCUT2D eigenvalue weighted by atomic mass is 9.81. The molecule has 1 atom stereocenters. The third-order valence-electron chi connectivity index (χ3n) is 4.28. The van der Waals surface area contributed by atoms with Gasteiger partial charge in [-0.2, -0.15) is 5.26 Å². The van der Waals surface area contributed by atoms with E-state index in [0.717, 1.165) is 16.7 Å². The number of benzene rings is 2. The lowest BCUT2D eigenvalue weighted by Crippen LogP contribution is -2.28. The standard InChI is InChI=1S/C19H19FN2O/c1-22-10-2-9-19(16-4-6-17(20)7-5-16)18-8-3-14(12-21)11-15(18)13-23-19/h3-8,11,22H,2,9-10,13H2,1H3/i1+1D3. The fourth-order valence-corrected chi connectivity index (χ4v) is 3.19. The Bertz CT molecular complexity index is 830. The summed E-state index contributed by atoms with van der Waals surface area (Å²) in [5.41, 5.74) is 2.48. The minimum atomic E-state index is -2.18. The second-order valence-corrected chi connectivity index (χ2v) is 5.64. The molecule has 23 heavy (non-hydrogen) atoms. The Kier molecular flexibility index (Phi) is 3.45. The van der Waals surface area contributed by atoms with Crippen LogP contribution in [0, 0.1) is 17.1 Å². The van der Waals surface area contributed by atoms with Crippen molar-refractivity contribution in [1.82, 2.24) is 5.32 Å². The zero-order valence-electron chi connectivity index (χ0n) is 15.6. The molecule has 2 aromatic rings. The number of hydrogen-bond donors (Lipinski definition) is 1. The van der Waals surface area contributed by atoms with E-state index in [0.29, 0.717) is 31.6 Å². The Labute approximate surface area is 139 Å². The highest BCUT2D eigenvalue weighted by Crippen LogP contribution is 2.45. The fraction of sp³-hybridized carbons (Fsp3) is 0.316. The number of halogens is 1. The van der Waals surface area contributed by atoms with E-state index < -0.39 is 12.6 Å². The molecule has 1 unspecified atom stereocenters. The third kappa shape index (κ3) is 2.86. The molecule has 0 aromatic heterocycles. The normalized spacial score (nSPS) is 21.8. The zero-order valence-corrected chi connectivity index (χ0v) is 12.6. The summed E-state index contributed by atoms with van der Waals surface area (Å²) in [5.74, 6) is -0.328. The maximum atomic E-state index is 13.4. The molecule has 1 aliphatic rings. The van der Waals surface area contributed by atoms with Gasteiger partial charge in [-0.15, -0.1) is 0 Å². The molecule has 1 heterocycles. The van der Waals surface area contributed by atoms with Gasteiger partial charge in [0, 0.05) is 4.11 Å². The summed E-state index contributed by atoms with van der Waals surface area (Å²) in [6.07, 6.45) is 1.11. The van der Waals surface area contributed by atoms with Gasteiger partial charge in [-0.3, -0.25) is 0 Å². The predicted molar refractivity (Wildman–Crippen MR) is 86.3 cm³/mol. The van der Waals surface area contributed by atoms with Crippen LogP contribution in [0.1, 0.15) is 39.2 Å². The van der Waals surface area contributed by atoms with Crippen LogP contribution in [-0.2, 0) is 16.9 Å². The molecule has 0 amide bonds. The smallest absolute Gasteiger partial charge is 0.123 e. The van der Waals surface area contributed by atoms with Crippen LogP contribution >= 0.6 is 0 Å². The molecular weight excluding hydrogens is 292 g/mol. The van der Waals surface area contributed by atoms with E-state index in [1.54, 1.807) is 24.3 Å². The fourth-order valence-electron chi connectivity index (χ4n) is 3.19. The predicted octanol–water partition coefficient (Wildman–Crippen LogP) is 3.47. The summed E-state index contributed by atoms with van der Waals surface area (Å²) >= 11 is 0. The Balaban J connectivity index is 1.92. The molecule has 0 aliphatic carbocycles. The topological polar surface area (TPSA) is 45.0 Å². The molecule has 0 saturated heterocycles. The zero-order chi connectivity index (χ0) is 18.8. The lowest BCUT2D eigenvalue weighted by molar-refractivity contribution is -0.0128. The van der Waals surface area contributed by atoms with Gasteiger partial charge in [0.25, 0.3) is 0 Å². The van der Waals surface area contributed by atoms with Crippen molar-refractivity contribution in [2.75, 3.05) is 13.5 Å². The summed E-state index contributed by atoms with van der Waals surface area (Å²) in [5, 5.41) is 11.6. The number of rotatable bonds is 5. The summed E-state index contributed by atoms with van der Waals surface area (Å²) in [4.78, 5) is 0. The van der Waals surface area contributed by atoms with Gasteiger partial charge in [0.1, 0.15) is 11.4 Å². The molecule has 0 radical (unpaired) electrons. The molecule has 1 aliphatic heterocycles. The average Bonchev–Trinajstić information content (AvgIpc) is 2.97. The van der Waals surface area contributed by atoms with Crippen molar-refractivity contribution >= 4 is 0 Å². The van der Waals surface area contributed by atoms with Crippen molar-refractivity contribution in [3.05, 3.63) is 70.5 Å². The van der Waals surface area contributed by atoms with Crippen LogP contribution in [0.25, 0.3) is 0 Å². The minimum absolute atomic E-state index is 0.314. The van der Waals surface area contributed by atoms with Crippen LogP contribution in [0.15, 0.2) is 42.5 Å². The van der Waals surface area contributed by atoms with Crippen LogP contribution in [0.5, 0.6) is 0 Å². The van der Waals surface area contributed by atoms with Crippen LogP contribution in [0.2, 0.25) is 0 Å². The monoisotopic (exact) mass is 314 g/mol. The number of hydrogen-bond acceptors (Lipinski definition) is 3. The van der Waals surface area contributed by atoms with Gasteiger partial charge in [-0.05, 0) is 67.3 Å². The third-order valence-corrected chi connectivity index (χ3v) is 4.28. The quantitative estimate of drug-likeness (QED) is 0.679. The largest absolute Gasteiger partial charge is 0.361 e. The van der Waals surface area contributed by atoms with Crippen molar-refractivity contribution in [2.45, 2.75) is 25.0 Å². The van der Waals surface area contributed by atoms with E-state index in [-0.39, 0.29) is 5.82 Å². The lowest BCUT2D eigenvalue weighted by Gasteiger charge is -2.30. The van der Waals surface area contributed by atoms with Gasteiger partial charge in [0.05, 0.1) is 18.2 Å². The van der Waals surface area contributed by atoms with E-state index in [1.165, 1.54) is 12.1 Å². The molecule has 0 bridgehead atoms. The molecule has 1 N–H and O–H groups in total. The molecular formula is C19H19FN2O. The van der Waals surface area contributed by atoms with Gasteiger partial charge in [0.15, 0.2) is 0 Å². The Morgan fingerprint density at radius 2 is 2.17 bits per heavy atom. The first-order valence-corrected chi connectivity index (χ1v) is 7.53. The Morgan fingerprint density at radius 3 is 2.91 bits per heavy atom. The van der Waals surface area contributed by atoms with E-state index in [1.807, 2.05) is 6.07 Å². The highest BCUT2D eigenvalue weighted by atomic mass is 19.1. The van der Waals surface area contributed by atoms with Crippen LogP contribution < -0.4 is 5.32 Å². The van der Waals surface area contributed by atoms with Crippen molar-refractivity contribution in [1.29, 1.82) is 5.26 Å². The minimum Gasteiger partial charge on any atom is -0.361 e. The second kappa shape index (κ2) is 6.49. The van der Waals surface area contributed by atoms with Crippen LogP contribution in [0.3, 0.4) is 0 Å². The molecule has 0 spiro atoms. The summed E-state index contributed by atoms with van der Waals surface area (Å²) < 4.78 is 41.3. The molecule has 0 saturated carbocycles. The average molecular weight is 314 g/mol. The van der Waals surface area contributed by atoms with E-state index >= 15 is 0 Å². The van der Waals surface area contributed by atoms with Gasteiger partial charge in [-0.25, -0.2) is 4.39 Å². The van der Waals surface area contributed by atoms with Gasteiger partial charge >= 0.3 is 0 Å². The van der Waals surface area contributed by atoms with Gasteiger partial charge in [0.2, 0.25) is 0 Å². The highest BCUT2D eigenvalue weighted by Gasteiger charge is 2.41. The summed E-state index contributed by atoms with van der Waals surface area (Å²) in [7, 11) is 0. The number of nitrogens with one attached hydrogen (secondary N) is 1. The van der Waals surface area contributed by atoms with Gasteiger partial charge < -0.3 is 10.1 Å². The number of nitriles is 1. The molecule has 3 rings (SSSR count). The van der Waals surface area contributed by atoms with Crippen LogP contribution in [0.4, 0.5) is 4.39 Å². The van der Waals surface area contributed by atoms with E-state index in [9.17, 15) is 4.39 Å². The molecule has 118 valence electrons. The summed E-state index contributed by atoms with van der Waals surface area (Å²) in [6.45, 7) is -1.51. The SMILES string of the molecule is [2H][13C]([2H])([2H])NCCCC1(c2ccc(F)cc2)OCc2cc(C#N)ccc21. The van der Waals surface area contributed by atoms with Crippen molar-refractivity contribution in [3.63, 3.8) is 0 Å². The first-order chi connectivity index (χ1) is 12.3. The maximum absolute atomic E-state index is 13.4. The van der Waals surface area contributed by atoms with Crippen molar-refractivity contribution in [3.8, 4) is 6.07 Å². The number of nitrogens with zero attached hydrogens (tertiary/aromatic N) is 1. The highest BCUT2D eigenvalue weighted by molar-refractivity contribution is 5.47. The first kappa shape index (κ1) is 12.2. The number of fused-ring (bicyclic) bond motifs is 1.